The second-order valence-corrected chi connectivity index (χ2v) is 7.02. The highest BCUT2D eigenvalue weighted by Crippen LogP contribution is 2.30. The number of hydrogen-bond donors (Lipinski definition) is 0. The van der Waals surface area contributed by atoms with Gasteiger partial charge in [-0.2, -0.15) is 0 Å². The number of fused-ring (bicyclic) bond motifs is 1. The molecular formula is C20H25FN4O. The Kier molecular flexibility index (Phi) is 4.66. The smallest absolute Gasteiger partial charge is 0.167 e. The zero-order chi connectivity index (χ0) is 18.1. The Morgan fingerprint density at radius 2 is 1.73 bits per heavy atom. The number of nitrogens with zero attached hydrogens (tertiary/aromatic N) is 4. The van der Waals surface area contributed by atoms with Gasteiger partial charge in [0.15, 0.2) is 11.6 Å². The van der Waals surface area contributed by atoms with Crippen LogP contribution in [0.5, 0.6) is 5.75 Å². The van der Waals surface area contributed by atoms with E-state index >= 15 is 0 Å². The van der Waals surface area contributed by atoms with Crippen LogP contribution in [0.2, 0.25) is 0 Å². The lowest BCUT2D eigenvalue weighted by Crippen LogP contribution is -2.47. The molecule has 0 unspecified atom stereocenters. The van der Waals surface area contributed by atoms with Crippen LogP contribution in [-0.4, -0.2) is 43.3 Å². The number of anilines is 2. The van der Waals surface area contributed by atoms with Gasteiger partial charge in [-0.3, -0.25) is 0 Å². The summed E-state index contributed by atoms with van der Waals surface area (Å²) in [5.41, 5.74) is 3.48. The van der Waals surface area contributed by atoms with Crippen molar-refractivity contribution in [3.05, 3.63) is 41.1 Å². The average molecular weight is 356 g/mol. The molecule has 1 fully saturated rings. The third kappa shape index (κ3) is 3.20. The molecule has 0 N–H and O–H groups in total. The normalized spacial score (nSPS) is 17.2. The van der Waals surface area contributed by atoms with Crippen molar-refractivity contribution in [2.75, 3.05) is 43.1 Å². The zero-order valence-electron chi connectivity index (χ0n) is 15.5. The molecule has 1 aliphatic carbocycles. The first-order chi connectivity index (χ1) is 12.7. The predicted octanol–water partition coefficient (Wildman–Crippen LogP) is 3.14. The highest BCUT2D eigenvalue weighted by Gasteiger charge is 2.24. The van der Waals surface area contributed by atoms with Crippen molar-refractivity contribution in [3.63, 3.8) is 0 Å². The first-order valence-corrected chi connectivity index (χ1v) is 9.35. The van der Waals surface area contributed by atoms with Crippen molar-refractivity contribution in [1.82, 2.24) is 9.97 Å². The van der Waals surface area contributed by atoms with Crippen molar-refractivity contribution >= 4 is 11.5 Å². The lowest BCUT2D eigenvalue weighted by atomic mass is 9.96. The lowest BCUT2D eigenvalue weighted by Gasteiger charge is -2.38. The molecule has 1 aromatic heterocycles. The quantitative estimate of drug-likeness (QED) is 0.845. The molecule has 1 saturated heterocycles. The number of benzene rings is 1. The standard InChI is InChI=1S/C20H25FN4O/c1-14-22-18-6-4-3-5-16(18)20(23-14)25-11-9-24(10-12-25)15-7-8-19(26-2)17(21)13-15/h7-8,13H,3-6,9-12H2,1-2H3. The van der Waals surface area contributed by atoms with Gasteiger partial charge in [-0.25, -0.2) is 14.4 Å². The van der Waals surface area contributed by atoms with Crippen molar-refractivity contribution in [2.45, 2.75) is 32.6 Å². The summed E-state index contributed by atoms with van der Waals surface area (Å²) in [7, 11) is 1.49. The van der Waals surface area contributed by atoms with Gasteiger partial charge >= 0.3 is 0 Å². The third-order valence-electron chi connectivity index (χ3n) is 5.35. The van der Waals surface area contributed by atoms with Crippen LogP contribution in [0.15, 0.2) is 18.2 Å². The zero-order valence-corrected chi connectivity index (χ0v) is 15.5. The average Bonchev–Trinajstić information content (AvgIpc) is 2.67. The van der Waals surface area contributed by atoms with E-state index in [9.17, 15) is 4.39 Å². The van der Waals surface area contributed by atoms with Crippen LogP contribution in [0.3, 0.4) is 0 Å². The Balaban J connectivity index is 1.51. The van der Waals surface area contributed by atoms with Crippen molar-refractivity contribution in [2.24, 2.45) is 0 Å². The summed E-state index contributed by atoms with van der Waals surface area (Å²) in [6.07, 6.45) is 4.59. The fourth-order valence-electron chi connectivity index (χ4n) is 3.98. The van der Waals surface area contributed by atoms with Gasteiger partial charge in [0.05, 0.1) is 7.11 Å². The molecular weight excluding hydrogens is 331 g/mol. The predicted molar refractivity (Wildman–Crippen MR) is 101 cm³/mol. The lowest BCUT2D eigenvalue weighted by molar-refractivity contribution is 0.386. The molecule has 0 radical (unpaired) electrons. The topological polar surface area (TPSA) is 41.5 Å². The molecule has 1 aliphatic heterocycles. The van der Waals surface area contributed by atoms with Gasteiger partial charge in [-0.15, -0.1) is 0 Å². The number of rotatable bonds is 3. The molecule has 2 heterocycles. The Labute approximate surface area is 153 Å². The number of aromatic nitrogens is 2. The SMILES string of the molecule is COc1ccc(N2CCN(c3nc(C)nc4c3CCCC4)CC2)cc1F. The minimum Gasteiger partial charge on any atom is -0.494 e. The molecule has 138 valence electrons. The van der Waals surface area contributed by atoms with E-state index in [1.807, 2.05) is 13.0 Å². The summed E-state index contributed by atoms with van der Waals surface area (Å²) in [5, 5.41) is 0. The molecule has 6 heteroatoms. The number of aryl methyl sites for hydroxylation is 2. The highest BCUT2D eigenvalue weighted by molar-refractivity contribution is 5.54. The van der Waals surface area contributed by atoms with Crippen LogP contribution < -0.4 is 14.5 Å². The summed E-state index contributed by atoms with van der Waals surface area (Å²) in [6, 6.07) is 5.18. The molecule has 2 aromatic rings. The van der Waals surface area contributed by atoms with Crippen molar-refractivity contribution in [3.8, 4) is 5.75 Å². The highest BCUT2D eigenvalue weighted by atomic mass is 19.1. The molecule has 2 aliphatic rings. The summed E-state index contributed by atoms with van der Waals surface area (Å²) in [4.78, 5) is 14.0. The van der Waals surface area contributed by atoms with E-state index < -0.39 is 0 Å². The van der Waals surface area contributed by atoms with Crippen LogP contribution in [0.25, 0.3) is 0 Å². The molecule has 0 amide bonds. The van der Waals surface area contributed by atoms with Gasteiger partial charge in [0.25, 0.3) is 0 Å². The van der Waals surface area contributed by atoms with E-state index in [2.05, 4.69) is 14.8 Å². The van der Waals surface area contributed by atoms with E-state index in [1.54, 1.807) is 12.1 Å². The number of piperazine rings is 1. The van der Waals surface area contributed by atoms with E-state index in [0.717, 1.165) is 56.4 Å². The molecule has 1 aromatic carbocycles. The number of hydrogen-bond acceptors (Lipinski definition) is 5. The molecule has 0 spiro atoms. The van der Waals surface area contributed by atoms with Crippen LogP contribution in [0.4, 0.5) is 15.9 Å². The number of halogens is 1. The van der Waals surface area contributed by atoms with E-state index in [4.69, 9.17) is 9.72 Å². The maximum Gasteiger partial charge on any atom is 0.167 e. The Hall–Kier alpha value is -2.37. The van der Waals surface area contributed by atoms with Gasteiger partial charge in [0.2, 0.25) is 0 Å². The molecule has 26 heavy (non-hydrogen) atoms. The minimum atomic E-state index is -0.312. The third-order valence-corrected chi connectivity index (χ3v) is 5.35. The fourth-order valence-corrected chi connectivity index (χ4v) is 3.98. The van der Waals surface area contributed by atoms with Crippen LogP contribution in [-0.2, 0) is 12.8 Å². The van der Waals surface area contributed by atoms with Crippen molar-refractivity contribution in [1.29, 1.82) is 0 Å². The first-order valence-electron chi connectivity index (χ1n) is 9.35. The van der Waals surface area contributed by atoms with Gasteiger partial charge in [-0.1, -0.05) is 0 Å². The Morgan fingerprint density at radius 3 is 2.46 bits per heavy atom. The van der Waals surface area contributed by atoms with Gasteiger partial charge in [-0.05, 0) is 44.7 Å². The number of ether oxygens (including phenoxy) is 1. The maximum atomic E-state index is 14.0. The van der Waals surface area contributed by atoms with Crippen LogP contribution in [0.1, 0.15) is 29.9 Å². The monoisotopic (exact) mass is 356 g/mol. The summed E-state index contributed by atoms with van der Waals surface area (Å²) < 4.78 is 19.0. The van der Waals surface area contributed by atoms with Gasteiger partial charge in [0, 0.05) is 49.2 Å². The first kappa shape index (κ1) is 17.1. The van der Waals surface area contributed by atoms with Gasteiger partial charge < -0.3 is 14.5 Å². The summed E-state index contributed by atoms with van der Waals surface area (Å²) >= 11 is 0. The molecule has 5 nitrogen and oxygen atoms in total. The Bertz CT molecular complexity index is 803. The van der Waals surface area contributed by atoms with E-state index in [1.165, 1.54) is 31.2 Å². The molecule has 0 bridgehead atoms. The summed E-state index contributed by atoms with van der Waals surface area (Å²) in [5.74, 6) is 1.96. The Morgan fingerprint density at radius 1 is 1.00 bits per heavy atom. The molecule has 0 atom stereocenters. The minimum absolute atomic E-state index is 0.287. The molecule has 0 saturated carbocycles. The second-order valence-electron chi connectivity index (χ2n) is 7.02. The number of methoxy groups -OCH3 is 1. The van der Waals surface area contributed by atoms with E-state index in [0.29, 0.717) is 0 Å². The maximum absolute atomic E-state index is 14.0. The van der Waals surface area contributed by atoms with E-state index in [-0.39, 0.29) is 11.6 Å². The fraction of sp³-hybridized carbons (Fsp3) is 0.500. The largest absolute Gasteiger partial charge is 0.494 e. The van der Waals surface area contributed by atoms with Crippen LogP contribution >= 0.6 is 0 Å². The van der Waals surface area contributed by atoms with Gasteiger partial charge in [0.1, 0.15) is 11.6 Å². The second kappa shape index (κ2) is 7.09. The molecule has 4 rings (SSSR count). The van der Waals surface area contributed by atoms with Crippen LogP contribution in [0, 0.1) is 12.7 Å². The van der Waals surface area contributed by atoms with Crippen molar-refractivity contribution < 1.29 is 9.13 Å². The summed E-state index contributed by atoms with van der Waals surface area (Å²) in [6.45, 7) is 5.45.